The average molecular weight is 304 g/mol. The van der Waals surface area contributed by atoms with Gasteiger partial charge in [-0.3, -0.25) is 14.9 Å². The third-order valence-corrected chi connectivity index (χ3v) is 3.53. The second-order valence-corrected chi connectivity index (χ2v) is 5.30. The van der Waals surface area contributed by atoms with Crippen molar-refractivity contribution in [2.45, 2.75) is 4.90 Å². The van der Waals surface area contributed by atoms with Gasteiger partial charge in [0, 0.05) is 16.1 Å². The number of anilines is 1. The Bertz CT molecular complexity index is 642. The lowest BCUT2D eigenvalue weighted by molar-refractivity contribution is -0.117. The van der Waals surface area contributed by atoms with Gasteiger partial charge in [-0.25, -0.2) is 4.39 Å². The number of halogens is 1. The van der Waals surface area contributed by atoms with Crippen LogP contribution in [0.2, 0.25) is 0 Å². The van der Waals surface area contributed by atoms with Gasteiger partial charge in [-0.2, -0.15) is 0 Å². The maximum Gasteiger partial charge on any atom is 0.257 e. The molecule has 0 aromatic heterocycles. The molecule has 0 aliphatic rings. The molecule has 0 aliphatic carbocycles. The number of nitrogen functional groups attached to an aromatic ring is 1. The van der Waals surface area contributed by atoms with E-state index in [4.69, 9.17) is 5.73 Å². The first-order chi connectivity index (χ1) is 10.0. The number of imide groups is 1. The monoisotopic (exact) mass is 304 g/mol. The largest absolute Gasteiger partial charge is 0.399 e. The number of rotatable bonds is 4. The first kappa shape index (κ1) is 15.1. The molecule has 0 fully saturated rings. The summed E-state index contributed by atoms with van der Waals surface area (Å²) >= 11 is 1.11. The van der Waals surface area contributed by atoms with Crippen LogP contribution < -0.4 is 11.1 Å². The smallest absolute Gasteiger partial charge is 0.257 e. The zero-order valence-electron chi connectivity index (χ0n) is 11.0. The maximum atomic E-state index is 13.1. The lowest BCUT2D eigenvalue weighted by Crippen LogP contribution is -2.31. The van der Waals surface area contributed by atoms with Crippen molar-refractivity contribution in [3.8, 4) is 0 Å². The highest BCUT2D eigenvalue weighted by Gasteiger charge is 2.10. The zero-order chi connectivity index (χ0) is 15.2. The first-order valence-electron chi connectivity index (χ1n) is 6.12. The molecule has 3 N–H and O–H groups in total. The molecule has 0 bridgehead atoms. The molecule has 108 valence electrons. The Morgan fingerprint density at radius 1 is 1.14 bits per heavy atom. The van der Waals surface area contributed by atoms with Gasteiger partial charge in [0.25, 0.3) is 5.91 Å². The van der Waals surface area contributed by atoms with Crippen molar-refractivity contribution in [3.05, 3.63) is 59.9 Å². The van der Waals surface area contributed by atoms with Crippen molar-refractivity contribution < 1.29 is 14.0 Å². The number of nitrogens with two attached hydrogens (primary N) is 1. The van der Waals surface area contributed by atoms with Crippen molar-refractivity contribution in [2.24, 2.45) is 0 Å². The molecule has 2 rings (SSSR count). The van der Waals surface area contributed by atoms with E-state index >= 15 is 0 Å². The Hall–Kier alpha value is -2.34. The minimum Gasteiger partial charge on any atom is -0.399 e. The van der Waals surface area contributed by atoms with E-state index in [2.05, 4.69) is 5.32 Å². The number of benzene rings is 2. The number of carbonyl (C=O) groups excluding carboxylic acids is 2. The Morgan fingerprint density at radius 2 is 1.86 bits per heavy atom. The molecule has 0 radical (unpaired) electrons. The number of carbonyl (C=O) groups is 2. The van der Waals surface area contributed by atoms with E-state index in [-0.39, 0.29) is 5.75 Å². The SMILES string of the molecule is Nc1cc(F)cc(SCC(=O)NC(=O)c2ccccc2)c1. The molecule has 0 aliphatic heterocycles. The molecule has 2 aromatic rings. The van der Waals surface area contributed by atoms with Crippen LogP contribution in [-0.4, -0.2) is 17.6 Å². The minimum absolute atomic E-state index is 0.00146. The Morgan fingerprint density at radius 3 is 2.52 bits per heavy atom. The molecule has 2 aromatic carbocycles. The fraction of sp³-hybridized carbons (Fsp3) is 0.0667. The molecule has 0 saturated carbocycles. The van der Waals surface area contributed by atoms with E-state index in [0.717, 1.165) is 11.8 Å². The van der Waals surface area contributed by atoms with Crippen LogP contribution >= 0.6 is 11.8 Å². The topological polar surface area (TPSA) is 72.2 Å². The van der Waals surface area contributed by atoms with Crippen LogP contribution in [0.1, 0.15) is 10.4 Å². The van der Waals surface area contributed by atoms with E-state index in [1.54, 1.807) is 36.4 Å². The normalized spacial score (nSPS) is 10.1. The Kier molecular flexibility index (Phi) is 4.94. The fourth-order valence-corrected chi connectivity index (χ4v) is 2.43. The van der Waals surface area contributed by atoms with Crippen LogP contribution in [0.15, 0.2) is 53.4 Å². The summed E-state index contributed by atoms with van der Waals surface area (Å²) in [6.07, 6.45) is 0. The van der Waals surface area contributed by atoms with Crippen LogP contribution in [0.4, 0.5) is 10.1 Å². The average Bonchev–Trinajstić information content (AvgIpc) is 2.45. The van der Waals surface area contributed by atoms with Crippen molar-refractivity contribution in [1.82, 2.24) is 5.32 Å². The van der Waals surface area contributed by atoms with Gasteiger partial charge in [0.1, 0.15) is 5.82 Å². The van der Waals surface area contributed by atoms with Crippen LogP contribution in [-0.2, 0) is 4.79 Å². The Balaban J connectivity index is 1.89. The van der Waals surface area contributed by atoms with Crippen molar-refractivity contribution >= 4 is 29.3 Å². The molecule has 0 unspecified atom stereocenters. The molecule has 6 heteroatoms. The van der Waals surface area contributed by atoms with Crippen molar-refractivity contribution in [1.29, 1.82) is 0 Å². The number of thioether (sulfide) groups is 1. The Labute approximate surface area is 125 Å². The maximum absolute atomic E-state index is 13.1. The van der Waals surface area contributed by atoms with Crippen molar-refractivity contribution in [3.63, 3.8) is 0 Å². The van der Waals surface area contributed by atoms with Gasteiger partial charge in [-0.15, -0.1) is 11.8 Å². The summed E-state index contributed by atoms with van der Waals surface area (Å²) in [6, 6.07) is 12.5. The van der Waals surface area contributed by atoms with Crippen LogP contribution in [0.3, 0.4) is 0 Å². The molecule has 0 saturated heterocycles. The quantitative estimate of drug-likeness (QED) is 0.672. The lowest BCUT2D eigenvalue weighted by atomic mass is 10.2. The van der Waals surface area contributed by atoms with Gasteiger partial charge in [0.05, 0.1) is 5.75 Å². The number of amides is 2. The van der Waals surface area contributed by atoms with Crippen LogP contribution in [0.5, 0.6) is 0 Å². The second kappa shape index (κ2) is 6.90. The van der Waals surface area contributed by atoms with Gasteiger partial charge >= 0.3 is 0 Å². The van der Waals surface area contributed by atoms with E-state index in [1.807, 2.05) is 0 Å². The summed E-state index contributed by atoms with van der Waals surface area (Å²) < 4.78 is 13.1. The fourth-order valence-electron chi connectivity index (χ4n) is 1.64. The zero-order valence-corrected chi connectivity index (χ0v) is 11.8. The molecular formula is C15H13FN2O2S. The predicted octanol–water partition coefficient (Wildman–Crippen LogP) is 2.46. The molecule has 21 heavy (non-hydrogen) atoms. The number of hydrogen-bond donors (Lipinski definition) is 2. The highest BCUT2D eigenvalue weighted by molar-refractivity contribution is 8.00. The van der Waals surface area contributed by atoms with E-state index in [1.165, 1.54) is 12.1 Å². The number of nitrogens with one attached hydrogen (secondary N) is 1. The van der Waals surface area contributed by atoms with Gasteiger partial charge in [-0.05, 0) is 30.3 Å². The van der Waals surface area contributed by atoms with Gasteiger partial charge in [0.2, 0.25) is 5.91 Å². The summed E-state index contributed by atoms with van der Waals surface area (Å²) in [5.74, 6) is -1.36. The lowest BCUT2D eigenvalue weighted by Gasteiger charge is -2.05. The van der Waals surface area contributed by atoms with E-state index < -0.39 is 17.6 Å². The molecule has 0 spiro atoms. The van der Waals surface area contributed by atoms with E-state index in [9.17, 15) is 14.0 Å². The first-order valence-corrected chi connectivity index (χ1v) is 7.11. The van der Waals surface area contributed by atoms with E-state index in [0.29, 0.717) is 16.1 Å². The molecule has 0 heterocycles. The molecular weight excluding hydrogens is 291 g/mol. The summed E-state index contributed by atoms with van der Waals surface area (Å²) in [7, 11) is 0. The third-order valence-electron chi connectivity index (χ3n) is 2.55. The second-order valence-electron chi connectivity index (χ2n) is 4.25. The summed E-state index contributed by atoms with van der Waals surface area (Å²) in [6.45, 7) is 0. The summed E-state index contributed by atoms with van der Waals surface area (Å²) in [5.41, 5.74) is 6.21. The molecule has 0 atom stereocenters. The van der Waals surface area contributed by atoms with Crippen LogP contribution in [0, 0.1) is 5.82 Å². The summed E-state index contributed by atoms with van der Waals surface area (Å²) in [5, 5.41) is 2.27. The predicted molar refractivity (Wildman–Crippen MR) is 80.5 cm³/mol. The third kappa shape index (κ3) is 4.61. The molecule has 4 nitrogen and oxygen atoms in total. The summed E-state index contributed by atoms with van der Waals surface area (Å²) in [4.78, 5) is 24.0. The molecule has 2 amide bonds. The highest BCUT2D eigenvalue weighted by Crippen LogP contribution is 2.21. The number of hydrogen-bond acceptors (Lipinski definition) is 4. The van der Waals surface area contributed by atoms with Crippen LogP contribution in [0.25, 0.3) is 0 Å². The van der Waals surface area contributed by atoms with Gasteiger partial charge in [0.15, 0.2) is 0 Å². The van der Waals surface area contributed by atoms with Gasteiger partial charge < -0.3 is 5.73 Å². The highest BCUT2D eigenvalue weighted by atomic mass is 32.2. The minimum atomic E-state index is -0.460. The standard InChI is InChI=1S/C15H13FN2O2S/c16-11-6-12(17)8-13(7-11)21-9-14(19)18-15(20)10-4-2-1-3-5-10/h1-8H,9,17H2,(H,18,19,20). The van der Waals surface area contributed by atoms with Crippen molar-refractivity contribution in [2.75, 3.05) is 11.5 Å². The van der Waals surface area contributed by atoms with Gasteiger partial charge in [-0.1, -0.05) is 18.2 Å².